The lowest BCUT2D eigenvalue weighted by Gasteiger charge is -2.24. The van der Waals surface area contributed by atoms with Crippen LogP contribution < -0.4 is 0 Å². The lowest BCUT2D eigenvalue weighted by atomic mass is 9.82. The quantitative estimate of drug-likeness (QED) is 0.351. The zero-order chi connectivity index (χ0) is 15.5. The molecule has 0 amide bonds. The highest BCUT2D eigenvalue weighted by molar-refractivity contribution is 4.67. The standard InChI is InChI=1S/C20H42/c1-8-11-20(9-2)15-14-17(5)12-10-13-18(6)19(7)16(3)4/h16-20H,8-15H2,1-7H3. The first-order chi connectivity index (χ1) is 9.42. The third-order valence-corrected chi connectivity index (χ3v) is 5.65. The van der Waals surface area contributed by atoms with Crippen molar-refractivity contribution in [1.82, 2.24) is 0 Å². The van der Waals surface area contributed by atoms with Crippen molar-refractivity contribution in [3.05, 3.63) is 0 Å². The maximum atomic E-state index is 2.47. The molecule has 0 N–H and O–H groups in total. The zero-order valence-corrected chi connectivity index (χ0v) is 15.5. The van der Waals surface area contributed by atoms with Crippen LogP contribution in [0, 0.1) is 29.6 Å². The summed E-state index contributed by atoms with van der Waals surface area (Å²) < 4.78 is 0. The molecule has 0 heteroatoms. The van der Waals surface area contributed by atoms with Crippen molar-refractivity contribution in [2.24, 2.45) is 29.6 Å². The van der Waals surface area contributed by atoms with Gasteiger partial charge in [-0.2, -0.15) is 0 Å². The number of hydrogen-bond donors (Lipinski definition) is 0. The minimum absolute atomic E-state index is 0.835. The lowest BCUT2D eigenvalue weighted by molar-refractivity contribution is 0.268. The molecule has 0 bridgehead atoms. The van der Waals surface area contributed by atoms with Gasteiger partial charge in [0.05, 0.1) is 0 Å². The zero-order valence-electron chi connectivity index (χ0n) is 15.5. The Hall–Kier alpha value is 0. The average Bonchev–Trinajstić information content (AvgIpc) is 2.42. The minimum Gasteiger partial charge on any atom is -0.0654 e. The lowest BCUT2D eigenvalue weighted by Crippen LogP contribution is -2.14. The van der Waals surface area contributed by atoms with Gasteiger partial charge in [0, 0.05) is 0 Å². The molecule has 0 rings (SSSR count). The van der Waals surface area contributed by atoms with Gasteiger partial charge in [-0.1, -0.05) is 99.8 Å². The summed E-state index contributed by atoms with van der Waals surface area (Å²) in [6, 6.07) is 0. The van der Waals surface area contributed by atoms with Crippen molar-refractivity contribution in [3.63, 3.8) is 0 Å². The van der Waals surface area contributed by atoms with Crippen molar-refractivity contribution < 1.29 is 0 Å². The molecule has 0 aliphatic heterocycles. The summed E-state index contributed by atoms with van der Waals surface area (Å²) >= 11 is 0. The molecule has 0 aliphatic rings. The van der Waals surface area contributed by atoms with Gasteiger partial charge in [-0.3, -0.25) is 0 Å². The van der Waals surface area contributed by atoms with E-state index >= 15 is 0 Å². The van der Waals surface area contributed by atoms with Gasteiger partial charge >= 0.3 is 0 Å². The molecule has 0 aliphatic carbocycles. The monoisotopic (exact) mass is 282 g/mol. The van der Waals surface area contributed by atoms with Crippen LogP contribution in [0.4, 0.5) is 0 Å². The van der Waals surface area contributed by atoms with Crippen LogP contribution in [0.1, 0.15) is 99.8 Å². The Bertz CT molecular complexity index is 206. The molecule has 20 heavy (non-hydrogen) atoms. The van der Waals surface area contributed by atoms with Crippen LogP contribution in [0.5, 0.6) is 0 Å². The van der Waals surface area contributed by atoms with E-state index in [0.29, 0.717) is 0 Å². The molecule has 0 fully saturated rings. The van der Waals surface area contributed by atoms with E-state index in [9.17, 15) is 0 Å². The van der Waals surface area contributed by atoms with Gasteiger partial charge in [0.25, 0.3) is 0 Å². The first-order valence-corrected chi connectivity index (χ1v) is 9.42. The first-order valence-electron chi connectivity index (χ1n) is 9.42. The number of hydrogen-bond acceptors (Lipinski definition) is 0. The topological polar surface area (TPSA) is 0 Å². The molecule has 0 heterocycles. The van der Waals surface area contributed by atoms with Crippen LogP contribution in [-0.2, 0) is 0 Å². The summed E-state index contributed by atoms with van der Waals surface area (Å²) in [6.07, 6.45) is 11.4. The summed E-state index contributed by atoms with van der Waals surface area (Å²) in [4.78, 5) is 0. The van der Waals surface area contributed by atoms with Gasteiger partial charge < -0.3 is 0 Å². The fraction of sp³-hybridized carbons (Fsp3) is 1.00. The highest BCUT2D eigenvalue weighted by Crippen LogP contribution is 2.27. The van der Waals surface area contributed by atoms with Crippen molar-refractivity contribution in [1.29, 1.82) is 0 Å². The average molecular weight is 283 g/mol. The molecule has 0 aromatic rings. The van der Waals surface area contributed by atoms with Gasteiger partial charge in [0.2, 0.25) is 0 Å². The van der Waals surface area contributed by atoms with Crippen molar-refractivity contribution in [2.75, 3.05) is 0 Å². The van der Waals surface area contributed by atoms with Crippen molar-refractivity contribution in [3.8, 4) is 0 Å². The van der Waals surface area contributed by atoms with E-state index in [1.807, 2.05) is 0 Å². The summed E-state index contributed by atoms with van der Waals surface area (Å²) in [5, 5.41) is 0. The van der Waals surface area contributed by atoms with Gasteiger partial charge in [-0.25, -0.2) is 0 Å². The third kappa shape index (κ3) is 9.03. The van der Waals surface area contributed by atoms with E-state index in [0.717, 1.165) is 29.6 Å². The second kappa shape index (κ2) is 11.6. The molecule has 0 nitrogen and oxygen atoms in total. The smallest absolute Gasteiger partial charge is 0.0394 e. The fourth-order valence-corrected chi connectivity index (χ4v) is 3.33. The second-order valence-corrected chi connectivity index (χ2v) is 7.76. The molecule has 122 valence electrons. The van der Waals surface area contributed by atoms with Crippen LogP contribution in [0.3, 0.4) is 0 Å². The Morgan fingerprint density at radius 3 is 1.85 bits per heavy atom. The number of rotatable bonds is 12. The normalized spacial score (nSPS) is 18.0. The van der Waals surface area contributed by atoms with Crippen LogP contribution in [0.2, 0.25) is 0 Å². The molecule has 0 saturated carbocycles. The predicted octanol–water partition coefficient (Wildman–Crippen LogP) is 7.33. The van der Waals surface area contributed by atoms with E-state index in [1.54, 1.807) is 0 Å². The van der Waals surface area contributed by atoms with E-state index in [4.69, 9.17) is 0 Å². The van der Waals surface area contributed by atoms with Crippen LogP contribution >= 0.6 is 0 Å². The Morgan fingerprint density at radius 1 is 0.700 bits per heavy atom. The second-order valence-electron chi connectivity index (χ2n) is 7.76. The Kier molecular flexibility index (Phi) is 11.6. The maximum absolute atomic E-state index is 2.47. The summed E-state index contributed by atoms with van der Waals surface area (Å²) in [5.41, 5.74) is 0. The van der Waals surface area contributed by atoms with Gasteiger partial charge in [-0.05, 0) is 29.6 Å². The highest BCUT2D eigenvalue weighted by atomic mass is 14.2. The van der Waals surface area contributed by atoms with E-state index < -0.39 is 0 Å². The molecule has 4 atom stereocenters. The van der Waals surface area contributed by atoms with Crippen LogP contribution in [-0.4, -0.2) is 0 Å². The Labute approximate surface area is 130 Å². The Balaban J connectivity index is 3.75. The largest absolute Gasteiger partial charge is 0.0654 e. The molecular weight excluding hydrogens is 240 g/mol. The Morgan fingerprint density at radius 2 is 1.35 bits per heavy atom. The minimum atomic E-state index is 0.835. The van der Waals surface area contributed by atoms with Crippen molar-refractivity contribution >= 4 is 0 Å². The summed E-state index contributed by atoms with van der Waals surface area (Å²) in [6.45, 7) is 16.8. The predicted molar refractivity (Wildman–Crippen MR) is 94.1 cm³/mol. The molecule has 0 saturated heterocycles. The summed E-state index contributed by atoms with van der Waals surface area (Å²) in [5.74, 6) is 4.52. The molecular formula is C20H42. The summed E-state index contributed by atoms with van der Waals surface area (Å²) in [7, 11) is 0. The van der Waals surface area contributed by atoms with Crippen LogP contribution in [0.25, 0.3) is 0 Å². The SMILES string of the molecule is CCCC(CC)CCC(C)CCCC(C)C(C)C(C)C. The molecule has 4 unspecified atom stereocenters. The maximum Gasteiger partial charge on any atom is -0.0394 e. The van der Waals surface area contributed by atoms with Gasteiger partial charge in [0.15, 0.2) is 0 Å². The highest BCUT2D eigenvalue weighted by Gasteiger charge is 2.16. The third-order valence-electron chi connectivity index (χ3n) is 5.65. The van der Waals surface area contributed by atoms with E-state index in [1.165, 1.54) is 51.4 Å². The molecule has 0 radical (unpaired) electrons. The van der Waals surface area contributed by atoms with Gasteiger partial charge in [0.1, 0.15) is 0 Å². The fourth-order valence-electron chi connectivity index (χ4n) is 3.33. The van der Waals surface area contributed by atoms with E-state index in [-0.39, 0.29) is 0 Å². The van der Waals surface area contributed by atoms with Crippen LogP contribution in [0.15, 0.2) is 0 Å². The molecule has 0 aromatic heterocycles. The van der Waals surface area contributed by atoms with Gasteiger partial charge in [-0.15, -0.1) is 0 Å². The first kappa shape index (κ1) is 20.0. The molecule has 0 spiro atoms. The molecule has 0 aromatic carbocycles. The van der Waals surface area contributed by atoms with Crippen molar-refractivity contribution in [2.45, 2.75) is 99.8 Å². The van der Waals surface area contributed by atoms with E-state index in [2.05, 4.69) is 48.5 Å².